The highest BCUT2D eigenvalue weighted by Gasteiger charge is 2.24. The van der Waals surface area contributed by atoms with Crippen molar-refractivity contribution < 1.29 is 4.79 Å². The average Bonchev–Trinajstić information content (AvgIpc) is 3.05. The fourth-order valence-electron chi connectivity index (χ4n) is 3.85. The number of carbonyl (C=O) groups is 1. The van der Waals surface area contributed by atoms with Gasteiger partial charge in [0, 0.05) is 24.5 Å². The van der Waals surface area contributed by atoms with Crippen LogP contribution in [0.3, 0.4) is 0 Å². The molecule has 148 valence electrons. The van der Waals surface area contributed by atoms with E-state index in [1.165, 1.54) is 4.57 Å². The van der Waals surface area contributed by atoms with Gasteiger partial charge in [-0.05, 0) is 36.6 Å². The molecule has 0 aliphatic carbocycles. The van der Waals surface area contributed by atoms with Crippen LogP contribution in [0, 0.1) is 0 Å². The average molecular weight is 387 g/mol. The molecular weight excluding hydrogens is 362 g/mol. The van der Waals surface area contributed by atoms with Gasteiger partial charge in [-0.25, -0.2) is 4.79 Å². The van der Waals surface area contributed by atoms with Gasteiger partial charge in [-0.3, -0.25) is 9.36 Å². The lowest BCUT2D eigenvalue weighted by atomic mass is 10.1. The van der Waals surface area contributed by atoms with E-state index < -0.39 is 0 Å². The molecular formula is C24H25N3O2. The third-order valence-corrected chi connectivity index (χ3v) is 5.39. The van der Waals surface area contributed by atoms with Gasteiger partial charge in [0.1, 0.15) is 0 Å². The van der Waals surface area contributed by atoms with Crippen molar-refractivity contribution in [2.24, 2.45) is 0 Å². The lowest BCUT2D eigenvalue weighted by molar-refractivity contribution is 0.0718. The highest BCUT2D eigenvalue weighted by atomic mass is 16.2. The van der Waals surface area contributed by atoms with Crippen LogP contribution in [0.5, 0.6) is 0 Å². The quantitative estimate of drug-likeness (QED) is 0.727. The summed E-state index contributed by atoms with van der Waals surface area (Å²) in [5.41, 5.74) is 2.22. The topological polar surface area (TPSA) is 58.1 Å². The number of aromatic nitrogens is 2. The third-order valence-electron chi connectivity index (χ3n) is 5.39. The van der Waals surface area contributed by atoms with Crippen LogP contribution in [0.15, 0.2) is 77.9 Å². The molecule has 1 saturated heterocycles. The van der Waals surface area contributed by atoms with Crippen molar-refractivity contribution in [3.63, 3.8) is 0 Å². The minimum atomic E-state index is -0.215. The highest BCUT2D eigenvalue weighted by Crippen LogP contribution is 2.22. The van der Waals surface area contributed by atoms with Crippen LogP contribution in [0.25, 0.3) is 11.8 Å². The van der Waals surface area contributed by atoms with Gasteiger partial charge in [0.2, 0.25) is 0 Å². The summed E-state index contributed by atoms with van der Waals surface area (Å²) in [7, 11) is 0. The number of rotatable bonds is 4. The molecule has 1 amide bonds. The van der Waals surface area contributed by atoms with Crippen molar-refractivity contribution in [3.8, 4) is 5.69 Å². The van der Waals surface area contributed by atoms with Crippen LogP contribution in [0.2, 0.25) is 0 Å². The Morgan fingerprint density at radius 2 is 1.90 bits per heavy atom. The van der Waals surface area contributed by atoms with Crippen LogP contribution in [-0.4, -0.2) is 32.9 Å². The summed E-state index contributed by atoms with van der Waals surface area (Å²) in [6.45, 7) is 0.747. The number of carbonyl (C=O) groups excluding carboxylic acids is 1. The van der Waals surface area contributed by atoms with E-state index in [1.54, 1.807) is 18.5 Å². The Labute approximate surface area is 170 Å². The molecule has 0 spiro atoms. The smallest absolute Gasteiger partial charge is 0.330 e. The Morgan fingerprint density at radius 3 is 2.69 bits per heavy atom. The summed E-state index contributed by atoms with van der Waals surface area (Å²) < 4.78 is 1.51. The fraction of sp³-hybridized carbons (Fsp3) is 0.250. The number of hydrogen-bond acceptors (Lipinski definition) is 2. The van der Waals surface area contributed by atoms with Crippen LogP contribution in [0.1, 0.15) is 41.6 Å². The third kappa shape index (κ3) is 4.40. The second-order valence-corrected chi connectivity index (χ2v) is 7.37. The monoisotopic (exact) mass is 387 g/mol. The van der Waals surface area contributed by atoms with Crippen molar-refractivity contribution in [1.29, 1.82) is 0 Å². The van der Waals surface area contributed by atoms with Crippen molar-refractivity contribution in [1.82, 2.24) is 14.5 Å². The summed E-state index contributed by atoms with van der Waals surface area (Å²) in [6, 6.07) is 17.5. The zero-order valence-electron chi connectivity index (χ0n) is 16.3. The first-order valence-corrected chi connectivity index (χ1v) is 10.1. The lowest BCUT2D eigenvalue weighted by Gasteiger charge is -2.28. The molecule has 2 heterocycles. The molecule has 0 saturated carbocycles. The number of amides is 1. The molecule has 3 aromatic rings. The molecule has 4 rings (SSSR count). The van der Waals surface area contributed by atoms with E-state index in [0.29, 0.717) is 11.3 Å². The van der Waals surface area contributed by atoms with Crippen LogP contribution in [0.4, 0.5) is 0 Å². The Balaban J connectivity index is 1.60. The van der Waals surface area contributed by atoms with Crippen LogP contribution < -0.4 is 5.69 Å². The number of H-pyrrole nitrogens is 1. The Bertz CT molecular complexity index is 1050. The van der Waals surface area contributed by atoms with E-state index in [-0.39, 0.29) is 17.6 Å². The summed E-state index contributed by atoms with van der Waals surface area (Å²) in [6.07, 6.45) is 11.7. The number of nitrogens with one attached hydrogen (secondary N) is 1. The second-order valence-electron chi connectivity index (χ2n) is 7.37. The van der Waals surface area contributed by atoms with Gasteiger partial charge in [-0.2, -0.15) is 0 Å². The molecule has 1 aliphatic rings. The fourth-order valence-corrected chi connectivity index (χ4v) is 3.85. The molecule has 2 aromatic carbocycles. The first-order valence-electron chi connectivity index (χ1n) is 10.1. The van der Waals surface area contributed by atoms with Crippen molar-refractivity contribution >= 4 is 12.0 Å². The Kier molecular flexibility index (Phi) is 5.75. The standard InChI is InChI=1S/C24H25N3O2/c28-23(20-10-7-12-22(18-20)27-17-15-25-24(27)29)26-16-6-2-5-11-21(26)14-13-19-8-3-1-4-9-19/h1,3-4,7-10,12-15,17-18,21H,2,5-6,11,16H2,(H,25,29)/b14-13+. The molecule has 1 aliphatic heterocycles. The van der Waals surface area contributed by atoms with Crippen LogP contribution in [-0.2, 0) is 0 Å². The normalized spacial score (nSPS) is 17.4. The lowest BCUT2D eigenvalue weighted by Crippen LogP contribution is -2.39. The van der Waals surface area contributed by atoms with E-state index in [9.17, 15) is 9.59 Å². The number of nitrogens with zero attached hydrogens (tertiary/aromatic N) is 2. The molecule has 1 atom stereocenters. The molecule has 1 N–H and O–H groups in total. The Morgan fingerprint density at radius 1 is 1.03 bits per heavy atom. The number of likely N-dealkylation sites (tertiary alicyclic amines) is 1. The molecule has 1 unspecified atom stereocenters. The maximum Gasteiger partial charge on any atom is 0.330 e. The zero-order chi connectivity index (χ0) is 20.1. The maximum absolute atomic E-state index is 13.4. The Hall–Kier alpha value is -3.34. The van der Waals surface area contributed by atoms with E-state index in [1.807, 2.05) is 41.3 Å². The van der Waals surface area contributed by atoms with E-state index in [4.69, 9.17) is 0 Å². The van der Waals surface area contributed by atoms with Gasteiger partial charge in [0.15, 0.2) is 0 Å². The zero-order valence-corrected chi connectivity index (χ0v) is 16.3. The van der Waals surface area contributed by atoms with Gasteiger partial charge in [0.05, 0.1) is 11.7 Å². The van der Waals surface area contributed by atoms with Gasteiger partial charge < -0.3 is 9.88 Å². The summed E-state index contributed by atoms with van der Waals surface area (Å²) in [5, 5.41) is 0. The molecule has 0 radical (unpaired) electrons. The molecule has 1 aromatic heterocycles. The van der Waals surface area contributed by atoms with Crippen molar-refractivity contribution in [3.05, 3.63) is 94.7 Å². The van der Waals surface area contributed by atoms with E-state index in [2.05, 4.69) is 29.3 Å². The largest absolute Gasteiger partial charge is 0.332 e. The molecule has 1 fully saturated rings. The van der Waals surface area contributed by atoms with Gasteiger partial charge >= 0.3 is 5.69 Å². The maximum atomic E-state index is 13.4. The summed E-state index contributed by atoms with van der Waals surface area (Å²) in [5.74, 6) is 0.0139. The summed E-state index contributed by atoms with van der Waals surface area (Å²) in [4.78, 5) is 29.9. The second kappa shape index (κ2) is 8.78. The van der Waals surface area contributed by atoms with Gasteiger partial charge in [-0.1, -0.05) is 61.4 Å². The predicted molar refractivity (Wildman–Crippen MR) is 115 cm³/mol. The number of hydrogen-bond donors (Lipinski definition) is 1. The van der Waals surface area contributed by atoms with Gasteiger partial charge in [0.25, 0.3) is 5.91 Å². The molecule has 0 bridgehead atoms. The molecule has 5 nitrogen and oxygen atoms in total. The first kappa shape index (κ1) is 19.0. The minimum absolute atomic E-state index is 0.0139. The van der Waals surface area contributed by atoms with Gasteiger partial charge in [-0.15, -0.1) is 0 Å². The van der Waals surface area contributed by atoms with Crippen molar-refractivity contribution in [2.75, 3.05) is 6.54 Å². The number of benzene rings is 2. The minimum Gasteiger partial charge on any atom is -0.332 e. The first-order chi connectivity index (χ1) is 14.2. The van der Waals surface area contributed by atoms with Crippen LogP contribution >= 0.6 is 0 Å². The van der Waals surface area contributed by atoms with E-state index in [0.717, 1.165) is 37.8 Å². The van der Waals surface area contributed by atoms with Crippen molar-refractivity contribution in [2.45, 2.75) is 31.7 Å². The SMILES string of the molecule is O=C(c1cccc(-n2cc[nH]c2=O)c1)N1CCCCCC1/C=C/c1ccccc1. The number of imidazole rings is 1. The summed E-state index contributed by atoms with van der Waals surface area (Å²) >= 11 is 0. The molecule has 5 heteroatoms. The molecule has 29 heavy (non-hydrogen) atoms. The predicted octanol–water partition coefficient (Wildman–Crippen LogP) is 4.26. The number of aromatic amines is 1. The van der Waals surface area contributed by atoms with E-state index >= 15 is 0 Å². The highest BCUT2D eigenvalue weighted by molar-refractivity contribution is 5.95.